The number of benzene rings is 2. The molecule has 1 N–H and O–H groups in total. The smallest absolute Gasteiger partial charge is 0.244 e. The van der Waals surface area contributed by atoms with Crippen LogP contribution in [-0.2, 0) is 9.59 Å². The lowest BCUT2D eigenvalue weighted by atomic mass is 10.2. The zero-order chi connectivity index (χ0) is 20.2. The van der Waals surface area contributed by atoms with E-state index in [-0.39, 0.29) is 18.4 Å². The zero-order valence-corrected chi connectivity index (χ0v) is 17.6. The first-order valence-electron chi connectivity index (χ1n) is 8.80. The van der Waals surface area contributed by atoms with Gasteiger partial charge >= 0.3 is 0 Å². The third kappa shape index (κ3) is 4.78. The van der Waals surface area contributed by atoms with Gasteiger partial charge in [-0.3, -0.25) is 9.59 Å². The predicted octanol–water partition coefficient (Wildman–Crippen LogP) is 4.71. The minimum absolute atomic E-state index is 0.0489. The van der Waals surface area contributed by atoms with Crippen LogP contribution >= 0.6 is 27.7 Å². The zero-order valence-electron chi connectivity index (χ0n) is 15.2. The van der Waals surface area contributed by atoms with Crippen LogP contribution in [0.25, 0.3) is 0 Å². The van der Waals surface area contributed by atoms with Gasteiger partial charge in [0, 0.05) is 15.4 Å². The van der Waals surface area contributed by atoms with Gasteiger partial charge in [0.25, 0.3) is 0 Å². The maximum absolute atomic E-state index is 12.5. The quantitative estimate of drug-likeness (QED) is 0.585. The maximum Gasteiger partial charge on any atom is 0.244 e. The highest BCUT2D eigenvalue weighted by Crippen LogP contribution is 2.34. The molecule has 0 unspecified atom stereocenters. The Morgan fingerprint density at radius 2 is 2.03 bits per heavy atom. The second-order valence-corrected chi connectivity index (χ2v) is 8.16. The largest absolute Gasteiger partial charge is 0.439 e. The van der Waals surface area contributed by atoms with Gasteiger partial charge < -0.3 is 15.0 Å². The van der Waals surface area contributed by atoms with Crippen molar-refractivity contribution < 1.29 is 14.3 Å². The van der Waals surface area contributed by atoms with Crippen molar-refractivity contribution in [2.75, 3.05) is 22.5 Å². The maximum atomic E-state index is 12.5. The molecule has 0 fully saturated rings. The number of thioether (sulfide) groups is 1. The molecule has 1 aliphatic rings. The minimum atomic E-state index is -0.289. The molecule has 0 saturated heterocycles. The average Bonchev–Trinajstić information content (AvgIpc) is 2.72. The molecule has 2 amide bonds. The van der Waals surface area contributed by atoms with Gasteiger partial charge in [-0.05, 0) is 36.4 Å². The molecule has 6 nitrogen and oxygen atoms in total. The van der Waals surface area contributed by atoms with Crippen molar-refractivity contribution in [1.29, 1.82) is 0 Å². The number of aromatic nitrogens is 1. The van der Waals surface area contributed by atoms with Gasteiger partial charge in [-0.15, -0.1) is 11.8 Å². The van der Waals surface area contributed by atoms with Crippen LogP contribution in [0.3, 0.4) is 0 Å². The molecule has 0 aliphatic carbocycles. The Kier molecular flexibility index (Phi) is 5.82. The number of carbonyl (C=O) groups is 2. The summed E-state index contributed by atoms with van der Waals surface area (Å²) in [4.78, 5) is 31.5. The van der Waals surface area contributed by atoms with Gasteiger partial charge in [0.05, 0.1) is 23.3 Å². The Hall–Kier alpha value is -2.84. The molecule has 2 aromatic carbocycles. The van der Waals surface area contributed by atoms with Gasteiger partial charge in [0.1, 0.15) is 12.3 Å². The van der Waals surface area contributed by atoms with E-state index in [2.05, 4.69) is 26.2 Å². The number of amides is 2. The Balaban J connectivity index is 1.39. The second kappa shape index (κ2) is 8.67. The fourth-order valence-corrected chi connectivity index (χ4v) is 4.15. The normalized spacial score (nSPS) is 13.0. The molecule has 1 aromatic heterocycles. The number of hydrogen-bond acceptors (Lipinski definition) is 5. The number of anilines is 2. The molecule has 3 aromatic rings. The van der Waals surface area contributed by atoms with Crippen molar-refractivity contribution >= 4 is 50.9 Å². The van der Waals surface area contributed by atoms with Gasteiger partial charge in [0.15, 0.2) is 0 Å². The van der Waals surface area contributed by atoms with E-state index in [0.717, 1.165) is 15.1 Å². The molecule has 0 saturated carbocycles. The van der Waals surface area contributed by atoms with Crippen molar-refractivity contribution in [3.8, 4) is 11.6 Å². The molecule has 2 heterocycles. The summed E-state index contributed by atoms with van der Waals surface area (Å²) in [6.45, 7) is -0.0489. The van der Waals surface area contributed by atoms with Gasteiger partial charge in [-0.2, -0.15) is 0 Å². The fourth-order valence-electron chi connectivity index (χ4n) is 2.84. The van der Waals surface area contributed by atoms with Crippen molar-refractivity contribution in [2.45, 2.75) is 4.90 Å². The molecule has 0 bridgehead atoms. The van der Waals surface area contributed by atoms with Crippen LogP contribution in [0.2, 0.25) is 0 Å². The highest BCUT2D eigenvalue weighted by atomic mass is 79.9. The standard InChI is InChI=1S/C21H16BrN3O3S/c22-14-4-3-5-16(10-14)28-20-9-8-15(11-23-20)24-19(26)12-25-17-6-1-2-7-18(17)29-13-21(25)27/h1-11H,12-13H2,(H,24,26). The summed E-state index contributed by atoms with van der Waals surface area (Å²) >= 11 is 4.88. The third-order valence-electron chi connectivity index (χ3n) is 4.15. The molecule has 0 radical (unpaired) electrons. The predicted molar refractivity (Wildman–Crippen MR) is 117 cm³/mol. The number of ether oxygens (including phenoxy) is 1. The number of hydrogen-bond donors (Lipinski definition) is 1. The first kappa shape index (κ1) is 19.5. The first-order chi connectivity index (χ1) is 14.1. The van der Waals surface area contributed by atoms with Gasteiger partial charge in [0.2, 0.25) is 17.7 Å². The molecule has 0 atom stereocenters. The lowest BCUT2D eigenvalue weighted by Gasteiger charge is -2.28. The Labute approximate surface area is 180 Å². The Morgan fingerprint density at radius 3 is 2.83 bits per heavy atom. The molecule has 29 heavy (non-hydrogen) atoms. The third-order valence-corrected chi connectivity index (χ3v) is 5.69. The van der Waals surface area contributed by atoms with E-state index < -0.39 is 0 Å². The van der Waals surface area contributed by atoms with E-state index in [9.17, 15) is 9.59 Å². The molecule has 1 aliphatic heterocycles. The van der Waals surface area contributed by atoms with Crippen LogP contribution in [0.15, 0.2) is 76.2 Å². The molecule has 146 valence electrons. The Morgan fingerprint density at radius 1 is 1.17 bits per heavy atom. The van der Waals surface area contributed by atoms with Crippen LogP contribution in [0, 0.1) is 0 Å². The summed E-state index contributed by atoms with van der Waals surface area (Å²) < 4.78 is 6.59. The van der Waals surface area contributed by atoms with Crippen molar-refractivity contribution in [1.82, 2.24) is 4.98 Å². The summed E-state index contributed by atoms with van der Waals surface area (Å²) in [6.07, 6.45) is 1.52. The van der Waals surface area contributed by atoms with E-state index in [0.29, 0.717) is 23.1 Å². The summed E-state index contributed by atoms with van der Waals surface area (Å²) in [5, 5.41) is 2.78. The number of fused-ring (bicyclic) bond motifs is 1. The topological polar surface area (TPSA) is 71.5 Å². The molecule has 4 rings (SSSR count). The van der Waals surface area contributed by atoms with Crippen molar-refractivity contribution in [2.24, 2.45) is 0 Å². The number of rotatable bonds is 5. The molecular formula is C21H16BrN3O3S. The molecule has 8 heteroatoms. The number of halogens is 1. The van der Waals surface area contributed by atoms with Crippen LogP contribution < -0.4 is 15.0 Å². The monoisotopic (exact) mass is 469 g/mol. The number of pyridine rings is 1. The van der Waals surface area contributed by atoms with Crippen molar-refractivity contribution in [3.63, 3.8) is 0 Å². The number of nitrogens with zero attached hydrogens (tertiary/aromatic N) is 2. The molecular weight excluding hydrogens is 454 g/mol. The van der Waals surface area contributed by atoms with Gasteiger partial charge in [-0.25, -0.2) is 4.98 Å². The SMILES string of the molecule is O=C(CN1C(=O)CSc2ccccc21)Nc1ccc(Oc2cccc(Br)c2)nc1. The van der Waals surface area contributed by atoms with E-state index >= 15 is 0 Å². The lowest BCUT2D eigenvalue weighted by Crippen LogP contribution is -2.41. The van der Waals surface area contributed by atoms with Crippen LogP contribution in [0.4, 0.5) is 11.4 Å². The number of carbonyl (C=O) groups excluding carboxylic acids is 2. The van der Waals surface area contributed by atoms with Crippen molar-refractivity contribution in [3.05, 3.63) is 71.3 Å². The van der Waals surface area contributed by atoms with E-state index in [1.54, 1.807) is 12.1 Å². The summed E-state index contributed by atoms with van der Waals surface area (Å²) in [7, 11) is 0. The minimum Gasteiger partial charge on any atom is -0.439 e. The average molecular weight is 470 g/mol. The highest BCUT2D eigenvalue weighted by molar-refractivity contribution is 9.10. The number of para-hydroxylation sites is 1. The lowest BCUT2D eigenvalue weighted by molar-refractivity contribution is -0.120. The highest BCUT2D eigenvalue weighted by Gasteiger charge is 2.26. The summed E-state index contributed by atoms with van der Waals surface area (Å²) in [5.41, 5.74) is 1.29. The summed E-state index contributed by atoms with van der Waals surface area (Å²) in [5.74, 6) is 1.03. The van der Waals surface area contributed by atoms with Gasteiger partial charge in [-0.1, -0.05) is 34.1 Å². The van der Waals surface area contributed by atoms with E-state index in [1.165, 1.54) is 22.9 Å². The fraction of sp³-hybridized carbons (Fsp3) is 0.0952. The molecule has 0 spiro atoms. The van der Waals surface area contributed by atoms with Crippen LogP contribution in [0.1, 0.15) is 0 Å². The van der Waals surface area contributed by atoms with E-state index in [4.69, 9.17) is 4.74 Å². The first-order valence-corrected chi connectivity index (χ1v) is 10.6. The van der Waals surface area contributed by atoms with E-state index in [1.807, 2.05) is 48.5 Å². The second-order valence-electron chi connectivity index (χ2n) is 6.23. The Bertz CT molecular complexity index is 1060. The van der Waals surface area contributed by atoms with Crippen LogP contribution in [-0.4, -0.2) is 29.1 Å². The van der Waals surface area contributed by atoms with Crippen LogP contribution in [0.5, 0.6) is 11.6 Å². The summed E-state index contributed by atoms with van der Waals surface area (Å²) in [6, 6.07) is 18.4. The number of nitrogens with one attached hydrogen (secondary N) is 1.